The minimum absolute atomic E-state index is 0.00752. The van der Waals surface area contributed by atoms with Gasteiger partial charge in [0.15, 0.2) is 0 Å². The molecule has 0 radical (unpaired) electrons. The molecule has 1 fully saturated rings. The minimum Gasteiger partial charge on any atom is -0.411 e. The lowest BCUT2D eigenvalue weighted by Gasteiger charge is -2.31. The molecule has 0 aliphatic carbocycles. The van der Waals surface area contributed by atoms with Crippen molar-refractivity contribution in [1.29, 1.82) is 0 Å². The van der Waals surface area contributed by atoms with Crippen LogP contribution in [0, 0.1) is 0 Å². The second kappa shape index (κ2) is 3.72. The summed E-state index contributed by atoms with van der Waals surface area (Å²) in [4.78, 5) is 0. The van der Waals surface area contributed by atoms with E-state index in [-0.39, 0.29) is 4.08 Å². The van der Waals surface area contributed by atoms with Crippen LogP contribution in [0.1, 0.15) is 20.3 Å². The maximum Gasteiger partial charge on any atom is 0.0968 e. The standard InChI is InChI=1S/C7H13NOS2/c1-6-3-4-10-7(2,11-6)5-8-9/h5-6,9H,3-4H2,1-2H3. The largest absolute Gasteiger partial charge is 0.411 e. The average molecular weight is 191 g/mol. The fourth-order valence-electron chi connectivity index (χ4n) is 1.09. The summed E-state index contributed by atoms with van der Waals surface area (Å²) in [5, 5.41) is 12.2. The summed E-state index contributed by atoms with van der Waals surface area (Å²) < 4.78 is -0.00752. The smallest absolute Gasteiger partial charge is 0.0968 e. The summed E-state index contributed by atoms with van der Waals surface area (Å²) >= 11 is 3.71. The van der Waals surface area contributed by atoms with Crippen molar-refractivity contribution in [2.24, 2.45) is 5.16 Å². The van der Waals surface area contributed by atoms with Gasteiger partial charge in [0.05, 0.1) is 10.3 Å². The summed E-state index contributed by atoms with van der Waals surface area (Å²) in [7, 11) is 0. The van der Waals surface area contributed by atoms with Gasteiger partial charge in [-0.2, -0.15) is 0 Å². The van der Waals surface area contributed by atoms with Crippen molar-refractivity contribution in [3.05, 3.63) is 0 Å². The highest BCUT2D eigenvalue weighted by Crippen LogP contribution is 2.43. The summed E-state index contributed by atoms with van der Waals surface area (Å²) in [6.45, 7) is 4.31. The van der Waals surface area contributed by atoms with E-state index in [1.807, 2.05) is 23.5 Å². The number of hydrogen-bond donors (Lipinski definition) is 1. The molecule has 0 spiro atoms. The van der Waals surface area contributed by atoms with Crippen LogP contribution < -0.4 is 0 Å². The Kier molecular flexibility index (Phi) is 3.13. The molecule has 0 aromatic carbocycles. The SMILES string of the molecule is CC1CCSC(C)(C=NO)S1. The van der Waals surface area contributed by atoms with E-state index in [9.17, 15) is 0 Å². The second-order valence-corrected chi connectivity index (χ2v) is 6.52. The Bertz CT molecular complexity index is 163. The van der Waals surface area contributed by atoms with Gasteiger partial charge in [-0.25, -0.2) is 0 Å². The van der Waals surface area contributed by atoms with Gasteiger partial charge in [0.25, 0.3) is 0 Å². The monoisotopic (exact) mass is 191 g/mol. The molecular formula is C7H13NOS2. The molecule has 11 heavy (non-hydrogen) atoms. The molecule has 0 aromatic rings. The number of nitrogens with zero attached hydrogens (tertiary/aromatic N) is 1. The first-order valence-corrected chi connectivity index (χ1v) is 5.53. The molecule has 1 aliphatic heterocycles. The summed E-state index contributed by atoms with van der Waals surface area (Å²) in [6, 6.07) is 0. The van der Waals surface area contributed by atoms with Crippen LogP contribution in [-0.2, 0) is 0 Å². The Morgan fingerprint density at radius 3 is 3.00 bits per heavy atom. The van der Waals surface area contributed by atoms with Crippen molar-refractivity contribution in [3.8, 4) is 0 Å². The zero-order valence-electron chi connectivity index (χ0n) is 6.78. The van der Waals surface area contributed by atoms with Gasteiger partial charge in [0.1, 0.15) is 0 Å². The van der Waals surface area contributed by atoms with Crippen molar-refractivity contribution in [3.63, 3.8) is 0 Å². The zero-order chi connectivity index (χ0) is 8.32. The highest BCUT2D eigenvalue weighted by Gasteiger charge is 2.30. The van der Waals surface area contributed by atoms with Crippen LogP contribution in [0.5, 0.6) is 0 Å². The number of hydrogen-bond acceptors (Lipinski definition) is 4. The highest BCUT2D eigenvalue weighted by atomic mass is 32.2. The quantitative estimate of drug-likeness (QED) is 0.392. The molecular weight excluding hydrogens is 178 g/mol. The molecule has 2 unspecified atom stereocenters. The molecule has 1 heterocycles. The summed E-state index contributed by atoms with van der Waals surface area (Å²) in [5.74, 6) is 1.16. The van der Waals surface area contributed by atoms with E-state index >= 15 is 0 Å². The number of rotatable bonds is 1. The lowest BCUT2D eigenvalue weighted by Crippen LogP contribution is -2.26. The van der Waals surface area contributed by atoms with Gasteiger partial charge in [0.2, 0.25) is 0 Å². The van der Waals surface area contributed by atoms with Crippen molar-refractivity contribution in [2.45, 2.75) is 29.6 Å². The van der Waals surface area contributed by atoms with Gasteiger partial charge >= 0.3 is 0 Å². The molecule has 1 saturated heterocycles. The Hall–Kier alpha value is 0.170. The predicted octanol–water partition coefficient (Wildman–Crippen LogP) is 2.42. The first kappa shape index (κ1) is 9.26. The van der Waals surface area contributed by atoms with E-state index < -0.39 is 0 Å². The maximum atomic E-state index is 8.41. The molecule has 0 aromatic heterocycles. The molecule has 0 saturated carbocycles. The van der Waals surface area contributed by atoms with Crippen molar-refractivity contribution in [1.82, 2.24) is 0 Å². The first-order chi connectivity index (χ1) is 5.16. The van der Waals surface area contributed by atoms with Crippen LogP contribution in [0.3, 0.4) is 0 Å². The Balaban J connectivity index is 2.55. The molecule has 64 valence electrons. The third-order valence-electron chi connectivity index (χ3n) is 1.64. The van der Waals surface area contributed by atoms with Crippen LogP contribution >= 0.6 is 23.5 Å². The first-order valence-electron chi connectivity index (χ1n) is 3.67. The average Bonchev–Trinajstić information content (AvgIpc) is 1.86. The van der Waals surface area contributed by atoms with Gasteiger partial charge in [-0.1, -0.05) is 12.1 Å². The van der Waals surface area contributed by atoms with E-state index in [2.05, 4.69) is 19.0 Å². The van der Waals surface area contributed by atoms with Crippen LogP contribution in [-0.4, -0.2) is 26.5 Å². The third-order valence-corrected chi connectivity index (χ3v) is 4.61. The topological polar surface area (TPSA) is 32.6 Å². The van der Waals surface area contributed by atoms with Crippen molar-refractivity contribution < 1.29 is 5.21 Å². The number of oxime groups is 1. The second-order valence-electron chi connectivity index (χ2n) is 2.83. The van der Waals surface area contributed by atoms with Crippen LogP contribution in [0.4, 0.5) is 0 Å². The zero-order valence-corrected chi connectivity index (χ0v) is 8.41. The van der Waals surface area contributed by atoms with Crippen LogP contribution in [0.2, 0.25) is 0 Å². The number of thioether (sulfide) groups is 2. The summed E-state index contributed by atoms with van der Waals surface area (Å²) in [5.41, 5.74) is 0. The molecule has 0 bridgehead atoms. The molecule has 1 aliphatic rings. The van der Waals surface area contributed by atoms with Gasteiger partial charge in [-0.15, -0.1) is 23.5 Å². The fourth-order valence-corrected chi connectivity index (χ4v) is 4.40. The van der Waals surface area contributed by atoms with E-state index in [1.165, 1.54) is 6.42 Å². The summed E-state index contributed by atoms with van der Waals surface area (Å²) in [6.07, 6.45) is 2.88. The Morgan fingerprint density at radius 2 is 2.45 bits per heavy atom. The van der Waals surface area contributed by atoms with E-state index in [4.69, 9.17) is 5.21 Å². The third kappa shape index (κ3) is 2.60. The molecule has 1 rings (SSSR count). The Morgan fingerprint density at radius 1 is 1.73 bits per heavy atom. The van der Waals surface area contributed by atoms with Gasteiger partial charge in [-0.3, -0.25) is 0 Å². The van der Waals surface area contributed by atoms with Crippen LogP contribution in [0.25, 0.3) is 0 Å². The molecule has 0 amide bonds. The van der Waals surface area contributed by atoms with E-state index in [0.717, 1.165) is 5.75 Å². The van der Waals surface area contributed by atoms with E-state index in [0.29, 0.717) is 5.25 Å². The van der Waals surface area contributed by atoms with Crippen molar-refractivity contribution in [2.75, 3.05) is 5.75 Å². The Labute approximate surface area is 75.8 Å². The molecule has 4 heteroatoms. The van der Waals surface area contributed by atoms with Gasteiger partial charge in [-0.05, 0) is 19.1 Å². The maximum absolute atomic E-state index is 8.41. The van der Waals surface area contributed by atoms with Gasteiger partial charge in [0, 0.05) is 5.25 Å². The minimum atomic E-state index is -0.00752. The normalized spacial score (nSPS) is 39.6. The lowest BCUT2D eigenvalue weighted by atomic mass is 10.4. The predicted molar refractivity (Wildman–Crippen MR) is 52.8 cm³/mol. The highest BCUT2D eigenvalue weighted by molar-refractivity contribution is 8.20. The van der Waals surface area contributed by atoms with Crippen molar-refractivity contribution >= 4 is 29.7 Å². The molecule has 2 nitrogen and oxygen atoms in total. The lowest BCUT2D eigenvalue weighted by molar-refractivity contribution is 0.320. The van der Waals surface area contributed by atoms with Crippen LogP contribution in [0.15, 0.2) is 5.16 Å². The van der Waals surface area contributed by atoms with Gasteiger partial charge < -0.3 is 5.21 Å². The molecule has 1 N–H and O–H groups in total. The van der Waals surface area contributed by atoms with E-state index in [1.54, 1.807) is 6.21 Å². The molecule has 2 atom stereocenters. The fraction of sp³-hybridized carbons (Fsp3) is 0.857.